The van der Waals surface area contributed by atoms with Crippen LogP contribution in [-0.4, -0.2) is 37.1 Å². The SMILES string of the molecule is CCCCN(CCCC)CCCCC(=O)OCC. The van der Waals surface area contributed by atoms with E-state index in [9.17, 15) is 4.79 Å². The van der Waals surface area contributed by atoms with Crippen LogP contribution in [0.3, 0.4) is 0 Å². The van der Waals surface area contributed by atoms with E-state index in [1.807, 2.05) is 6.92 Å². The fraction of sp³-hybridized carbons (Fsp3) is 0.933. The highest BCUT2D eigenvalue weighted by Gasteiger charge is 2.05. The number of nitrogens with zero attached hydrogens (tertiary/aromatic N) is 1. The summed E-state index contributed by atoms with van der Waals surface area (Å²) in [6, 6.07) is 0. The van der Waals surface area contributed by atoms with Crippen LogP contribution in [0.25, 0.3) is 0 Å². The first-order valence-electron chi connectivity index (χ1n) is 7.62. The average molecular weight is 257 g/mol. The molecule has 0 bridgehead atoms. The molecule has 0 rings (SSSR count). The zero-order valence-corrected chi connectivity index (χ0v) is 12.5. The molecule has 0 atom stereocenters. The van der Waals surface area contributed by atoms with E-state index >= 15 is 0 Å². The zero-order chi connectivity index (χ0) is 13.6. The van der Waals surface area contributed by atoms with Crippen LogP contribution in [-0.2, 0) is 9.53 Å². The van der Waals surface area contributed by atoms with Crippen LogP contribution in [0.2, 0.25) is 0 Å². The van der Waals surface area contributed by atoms with Gasteiger partial charge in [0.1, 0.15) is 0 Å². The van der Waals surface area contributed by atoms with Gasteiger partial charge < -0.3 is 9.64 Å². The Morgan fingerprint density at radius 2 is 1.44 bits per heavy atom. The van der Waals surface area contributed by atoms with Crippen molar-refractivity contribution in [3.63, 3.8) is 0 Å². The molecule has 108 valence electrons. The molecule has 0 N–H and O–H groups in total. The van der Waals surface area contributed by atoms with Gasteiger partial charge >= 0.3 is 5.97 Å². The van der Waals surface area contributed by atoms with Crippen molar-refractivity contribution >= 4 is 5.97 Å². The van der Waals surface area contributed by atoms with Crippen molar-refractivity contribution in [1.29, 1.82) is 0 Å². The molecular weight excluding hydrogens is 226 g/mol. The summed E-state index contributed by atoms with van der Waals surface area (Å²) in [5.41, 5.74) is 0. The summed E-state index contributed by atoms with van der Waals surface area (Å²) in [5.74, 6) is -0.0498. The highest BCUT2D eigenvalue weighted by Crippen LogP contribution is 2.04. The first kappa shape index (κ1) is 17.4. The lowest BCUT2D eigenvalue weighted by Gasteiger charge is -2.21. The standard InChI is InChI=1S/C15H31NO2/c1-4-7-12-16(13-8-5-2)14-10-9-11-15(17)18-6-3/h4-14H2,1-3H3. The molecule has 0 aromatic carbocycles. The Morgan fingerprint density at radius 1 is 0.889 bits per heavy atom. The number of esters is 1. The molecule has 0 amide bonds. The average Bonchev–Trinajstić information content (AvgIpc) is 2.37. The molecule has 0 heterocycles. The molecule has 0 fully saturated rings. The number of hydrogen-bond donors (Lipinski definition) is 0. The molecule has 0 radical (unpaired) electrons. The number of rotatable bonds is 12. The summed E-state index contributed by atoms with van der Waals surface area (Å²) in [6.45, 7) is 10.4. The summed E-state index contributed by atoms with van der Waals surface area (Å²) < 4.78 is 4.93. The highest BCUT2D eigenvalue weighted by molar-refractivity contribution is 5.69. The fourth-order valence-electron chi connectivity index (χ4n) is 1.94. The smallest absolute Gasteiger partial charge is 0.305 e. The van der Waals surface area contributed by atoms with Crippen molar-refractivity contribution in [2.75, 3.05) is 26.2 Å². The van der Waals surface area contributed by atoms with Crippen LogP contribution in [0.4, 0.5) is 0 Å². The van der Waals surface area contributed by atoms with E-state index < -0.39 is 0 Å². The second-order valence-corrected chi connectivity index (χ2v) is 4.81. The van der Waals surface area contributed by atoms with Gasteiger partial charge in [-0.3, -0.25) is 4.79 Å². The minimum atomic E-state index is -0.0498. The number of carbonyl (C=O) groups excluding carboxylic acids is 1. The maximum Gasteiger partial charge on any atom is 0.305 e. The van der Waals surface area contributed by atoms with Crippen LogP contribution >= 0.6 is 0 Å². The Labute approximate surface area is 113 Å². The third-order valence-corrected chi connectivity index (χ3v) is 3.07. The zero-order valence-electron chi connectivity index (χ0n) is 12.5. The van der Waals surface area contributed by atoms with E-state index in [0.717, 1.165) is 19.4 Å². The van der Waals surface area contributed by atoms with Crippen LogP contribution in [0, 0.1) is 0 Å². The summed E-state index contributed by atoms with van der Waals surface area (Å²) in [4.78, 5) is 13.7. The Bertz CT molecular complexity index is 187. The number of carbonyl (C=O) groups is 1. The normalized spacial score (nSPS) is 10.9. The van der Waals surface area contributed by atoms with E-state index in [4.69, 9.17) is 4.74 Å². The molecule has 3 heteroatoms. The van der Waals surface area contributed by atoms with Crippen LogP contribution in [0.1, 0.15) is 65.7 Å². The van der Waals surface area contributed by atoms with Crippen molar-refractivity contribution in [3.05, 3.63) is 0 Å². The van der Waals surface area contributed by atoms with Crippen molar-refractivity contribution < 1.29 is 9.53 Å². The Balaban J connectivity index is 3.63. The first-order chi connectivity index (χ1) is 8.74. The Morgan fingerprint density at radius 3 is 1.94 bits per heavy atom. The van der Waals surface area contributed by atoms with Gasteiger partial charge in [0, 0.05) is 6.42 Å². The molecular formula is C15H31NO2. The van der Waals surface area contributed by atoms with Gasteiger partial charge in [-0.05, 0) is 52.2 Å². The van der Waals surface area contributed by atoms with Gasteiger partial charge in [-0.2, -0.15) is 0 Å². The summed E-state index contributed by atoms with van der Waals surface area (Å²) in [5, 5.41) is 0. The second-order valence-electron chi connectivity index (χ2n) is 4.81. The van der Waals surface area contributed by atoms with Crippen molar-refractivity contribution in [3.8, 4) is 0 Å². The molecule has 18 heavy (non-hydrogen) atoms. The van der Waals surface area contributed by atoms with Crippen LogP contribution < -0.4 is 0 Å². The number of hydrogen-bond acceptors (Lipinski definition) is 3. The van der Waals surface area contributed by atoms with Gasteiger partial charge in [0.05, 0.1) is 6.61 Å². The van der Waals surface area contributed by atoms with Gasteiger partial charge in [0.25, 0.3) is 0 Å². The predicted molar refractivity (Wildman–Crippen MR) is 76.7 cm³/mol. The van der Waals surface area contributed by atoms with Gasteiger partial charge in [0.15, 0.2) is 0 Å². The molecule has 0 spiro atoms. The maximum atomic E-state index is 11.2. The van der Waals surface area contributed by atoms with Crippen molar-refractivity contribution in [1.82, 2.24) is 4.90 Å². The molecule has 0 aromatic rings. The van der Waals surface area contributed by atoms with Crippen molar-refractivity contribution in [2.45, 2.75) is 65.7 Å². The summed E-state index contributed by atoms with van der Waals surface area (Å²) in [6.07, 6.45) is 7.70. The minimum Gasteiger partial charge on any atom is -0.466 e. The van der Waals surface area contributed by atoms with Gasteiger partial charge in [0.2, 0.25) is 0 Å². The molecule has 0 aliphatic rings. The van der Waals surface area contributed by atoms with E-state index in [1.165, 1.54) is 38.8 Å². The maximum absolute atomic E-state index is 11.2. The predicted octanol–water partition coefficient (Wildman–Crippen LogP) is 3.62. The van der Waals surface area contributed by atoms with Crippen molar-refractivity contribution in [2.24, 2.45) is 0 Å². The van der Waals surface area contributed by atoms with E-state index in [2.05, 4.69) is 18.7 Å². The van der Waals surface area contributed by atoms with E-state index in [-0.39, 0.29) is 5.97 Å². The largest absolute Gasteiger partial charge is 0.466 e. The van der Waals surface area contributed by atoms with Crippen LogP contribution in [0.15, 0.2) is 0 Å². The lowest BCUT2D eigenvalue weighted by Crippen LogP contribution is -2.27. The third-order valence-electron chi connectivity index (χ3n) is 3.07. The van der Waals surface area contributed by atoms with Gasteiger partial charge in [-0.25, -0.2) is 0 Å². The first-order valence-corrected chi connectivity index (χ1v) is 7.62. The fourth-order valence-corrected chi connectivity index (χ4v) is 1.94. The minimum absolute atomic E-state index is 0.0498. The molecule has 0 aromatic heterocycles. The summed E-state index contributed by atoms with van der Waals surface area (Å²) >= 11 is 0. The monoisotopic (exact) mass is 257 g/mol. The molecule has 0 saturated carbocycles. The second kappa shape index (κ2) is 12.9. The summed E-state index contributed by atoms with van der Waals surface area (Å²) in [7, 11) is 0. The molecule has 3 nitrogen and oxygen atoms in total. The lowest BCUT2D eigenvalue weighted by atomic mass is 10.2. The van der Waals surface area contributed by atoms with Gasteiger partial charge in [-0.1, -0.05) is 26.7 Å². The third kappa shape index (κ3) is 10.6. The molecule has 0 aliphatic heterocycles. The molecule has 0 aliphatic carbocycles. The van der Waals surface area contributed by atoms with Gasteiger partial charge in [-0.15, -0.1) is 0 Å². The van der Waals surface area contributed by atoms with E-state index in [1.54, 1.807) is 0 Å². The quantitative estimate of drug-likeness (QED) is 0.395. The number of unbranched alkanes of at least 4 members (excludes halogenated alkanes) is 3. The van der Waals surface area contributed by atoms with Crippen LogP contribution in [0.5, 0.6) is 0 Å². The van der Waals surface area contributed by atoms with E-state index in [0.29, 0.717) is 13.0 Å². The lowest BCUT2D eigenvalue weighted by molar-refractivity contribution is -0.143. The molecule has 0 unspecified atom stereocenters. The molecule has 0 saturated heterocycles. The highest BCUT2D eigenvalue weighted by atomic mass is 16.5. The number of ether oxygens (including phenoxy) is 1. The Kier molecular flexibility index (Phi) is 12.5. The topological polar surface area (TPSA) is 29.5 Å². The Hall–Kier alpha value is -0.570.